The number of hydrogen-bond acceptors (Lipinski definition) is 3. The maximum atomic E-state index is 4.28. The van der Waals surface area contributed by atoms with Crippen LogP contribution in [0.4, 0.5) is 5.69 Å². The molecule has 0 saturated carbocycles. The molecule has 4 nitrogen and oxygen atoms in total. The summed E-state index contributed by atoms with van der Waals surface area (Å²) in [7, 11) is 0. The summed E-state index contributed by atoms with van der Waals surface area (Å²) in [4.78, 5) is 4.28. The van der Waals surface area contributed by atoms with Crippen molar-refractivity contribution < 1.29 is 0 Å². The lowest BCUT2D eigenvalue weighted by Gasteiger charge is -2.13. The summed E-state index contributed by atoms with van der Waals surface area (Å²) < 4.78 is 4.91. The number of nitrogens with zero attached hydrogens (tertiary/aromatic N) is 3. The maximum Gasteiger partial charge on any atom is 0.146 e. The second-order valence-corrected chi connectivity index (χ2v) is 6.94. The topological polar surface area (TPSA) is 42.7 Å². The second kappa shape index (κ2) is 6.37. The van der Waals surface area contributed by atoms with Crippen LogP contribution in [0.15, 0.2) is 31.9 Å². The molecule has 0 saturated heterocycles. The van der Waals surface area contributed by atoms with Gasteiger partial charge in [0.25, 0.3) is 0 Å². The van der Waals surface area contributed by atoms with Crippen molar-refractivity contribution >= 4 is 53.5 Å². The predicted molar refractivity (Wildman–Crippen MR) is 87.3 cm³/mol. The molecule has 0 atom stereocenters. The molecule has 7 heteroatoms. The van der Waals surface area contributed by atoms with Crippen LogP contribution in [0.1, 0.15) is 25.7 Å². The van der Waals surface area contributed by atoms with Crippen LogP contribution in [0, 0.1) is 0 Å². The van der Waals surface area contributed by atoms with Gasteiger partial charge in [0, 0.05) is 19.5 Å². The van der Waals surface area contributed by atoms with Crippen molar-refractivity contribution in [2.24, 2.45) is 0 Å². The average molecular weight is 453 g/mol. The lowest BCUT2D eigenvalue weighted by atomic mass is 10.3. The fourth-order valence-corrected chi connectivity index (χ4v) is 4.25. The Labute approximate surface area is 137 Å². The van der Waals surface area contributed by atoms with Crippen molar-refractivity contribution in [2.75, 3.05) is 5.32 Å². The van der Waals surface area contributed by atoms with Crippen molar-refractivity contribution in [3.8, 4) is 0 Å². The highest BCUT2D eigenvalue weighted by Crippen LogP contribution is 2.34. The predicted octanol–water partition coefficient (Wildman–Crippen LogP) is 4.76. The van der Waals surface area contributed by atoms with Gasteiger partial charge in [0.05, 0.1) is 12.2 Å². The zero-order valence-electron chi connectivity index (χ0n) is 10.5. The van der Waals surface area contributed by atoms with Gasteiger partial charge in [-0.05, 0) is 57.8 Å². The van der Waals surface area contributed by atoms with Gasteiger partial charge in [-0.25, -0.2) is 9.67 Å². The molecule has 2 rings (SSSR count). The van der Waals surface area contributed by atoms with E-state index in [-0.39, 0.29) is 0 Å². The molecule has 0 spiro atoms. The van der Waals surface area contributed by atoms with E-state index in [1.54, 1.807) is 6.33 Å². The molecule has 0 unspecified atom stereocenters. The first-order valence-corrected chi connectivity index (χ1v) is 8.13. The van der Waals surface area contributed by atoms with Crippen LogP contribution in [0.25, 0.3) is 0 Å². The quantitative estimate of drug-likeness (QED) is 0.727. The van der Waals surface area contributed by atoms with Crippen molar-refractivity contribution in [3.05, 3.63) is 37.7 Å². The first-order chi connectivity index (χ1) is 8.99. The molecule has 0 bridgehead atoms. The summed E-state index contributed by atoms with van der Waals surface area (Å²) in [5.74, 6) is 0.914. The zero-order valence-corrected chi connectivity index (χ0v) is 15.3. The summed E-state index contributed by atoms with van der Waals surface area (Å²) in [5.41, 5.74) is 1.00. The highest BCUT2D eigenvalue weighted by molar-refractivity contribution is 9.11. The first kappa shape index (κ1) is 15.0. The monoisotopic (exact) mass is 450 g/mol. The first-order valence-electron chi connectivity index (χ1n) is 5.76. The number of aromatic nitrogens is 3. The molecule has 2 aromatic rings. The number of rotatable bonds is 4. The Morgan fingerprint density at radius 2 is 1.84 bits per heavy atom. The normalized spacial score (nSPS) is 11.1. The molecule has 0 aliphatic carbocycles. The zero-order chi connectivity index (χ0) is 14.0. The van der Waals surface area contributed by atoms with Crippen molar-refractivity contribution in [3.63, 3.8) is 0 Å². The smallest absolute Gasteiger partial charge is 0.146 e. The summed E-state index contributed by atoms with van der Waals surface area (Å²) in [5, 5.41) is 7.59. The lowest BCUT2D eigenvalue weighted by molar-refractivity contribution is 0.509. The summed E-state index contributed by atoms with van der Waals surface area (Å²) in [6.07, 6.45) is 1.59. The summed E-state index contributed by atoms with van der Waals surface area (Å²) in [6, 6.07) is 4.30. The molecular weight excluding hydrogens is 440 g/mol. The third-order valence-corrected chi connectivity index (χ3v) is 4.28. The minimum Gasteiger partial charge on any atom is -0.376 e. The van der Waals surface area contributed by atoms with Crippen LogP contribution in [0.3, 0.4) is 0 Å². The van der Waals surface area contributed by atoms with Gasteiger partial charge >= 0.3 is 0 Å². The van der Waals surface area contributed by atoms with E-state index >= 15 is 0 Å². The number of benzene rings is 1. The van der Waals surface area contributed by atoms with E-state index in [0.717, 1.165) is 24.9 Å². The summed E-state index contributed by atoms with van der Waals surface area (Å²) in [6.45, 7) is 4.80. The van der Waals surface area contributed by atoms with E-state index in [1.807, 2.05) is 16.8 Å². The molecule has 0 amide bonds. The Kier molecular flexibility index (Phi) is 5.03. The molecule has 1 aromatic heterocycles. The van der Waals surface area contributed by atoms with Gasteiger partial charge in [-0.2, -0.15) is 5.10 Å². The number of hydrogen-bond donors (Lipinski definition) is 1. The van der Waals surface area contributed by atoms with E-state index < -0.39 is 0 Å². The van der Waals surface area contributed by atoms with Gasteiger partial charge in [0.1, 0.15) is 12.2 Å². The second-order valence-electron chi connectivity index (χ2n) is 4.31. The van der Waals surface area contributed by atoms with Crippen LogP contribution >= 0.6 is 47.8 Å². The van der Waals surface area contributed by atoms with E-state index in [2.05, 4.69) is 77.0 Å². The van der Waals surface area contributed by atoms with Gasteiger partial charge in [-0.1, -0.05) is 15.9 Å². The van der Waals surface area contributed by atoms with E-state index in [9.17, 15) is 0 Å². The SMILES string of the molecule is CC(C)n1ncnc1CNc1c(Br)cc(Br)cc1Br. The molecule has 102 valence electrons. The molecule has 0 aliphatic rings. The van der Waals surface area contributed by atoms with Crippen LogP contribution < -0.4 is 5.32 Å². The van der Waals surface area contributed by atoms with Crippen LogP contribution in [0.2, 0.25) is 0 Å². The van der Waals surface area contributed by atoms with Crippen molar-refractivity contribution in [2.45, 2.75) is 26.4 Å². The van der Waals surface area contributed by atoms with Gasteiger partial charge in [0.15, 0.2) is 0 Å². The molecule has 0 radical (unpaired) electrons. The highest BCUT2D eigenvalue weighted by atomic mass is 79.9. The Morgan fingerprint density at radius 1 is 1.21 bits per heavy atom. The Balaban J connectivity index is 2.17. The van der Waals surface area contributed by atoms with Crippen LogP contribution in [0.5, 0.6) is 0 Å². The summed E-state index contributed by atoms with van der Waals surface area (Å²) >= 11 is 10.5. The Hall–Kier alpha value is -0.400. The molecular formula is C12H13Br3N4. The molecule has 1 heterocycles. The Morgan fingerprint density at radius 3 is 2.42 bits per heavy atom. The largest absolute Gasteiger partial charge is 0.376 e. The molecule has 1 N–H and O–H groups in total. The molecule has 19 heavy (non-hydrogen) atoms. The van der Waals surface area contributed by atoms with Gasteiger partial charge in [-0.3, -0.25) is 0 Å². The third-order valence-electron chi connectivity index (χ3n) is 2.57. The number of anilines is 1. The minimum atomic E-state index is 0.302. The fourth-order valence-electron chi connectivity index (χ4n) is 1.71. The standard InChI is InChI=1S/C12H13Br3N4/c1-7(2)19-11(17-6-18-19)5-16-12-9(14)3-8(13)4-10(12)15/h3-4,6-7,16H,5H2,1-2H3. The number of halogens is 3. The van der Waals surface area contributed by atoms with Crippen molar-refractivity contribution in [1.82, 2.24) is 14.8 Å². The minimum absolute atomic E-state index is 0.302. The molecule has 1 aromatic carbocycles. The van der Waals surface area contributed by atoms with E-state index in [0.29, 0.717) is 12.6 Å². The van der Waals surface area contributed by atoms with E-state index in [4.69, 9.17) is 0 Å². The number of nitrogens with one attached hydrogen (secondary N) is 1. The average Bonchev–Trinajstić information content (AvgIpc) is 2.75. The van der Waals surface area contributed by atoms with Gasteiger partial charge in [-0.15, -0.1) is 0 Å². The van der Waals surface area contributed by atoms with Crippen LogP contribution in [-0.2, 0) is 6.54 Å². The van der Waals surface area contributed by atoms with Crippen LogP contribution in [-0.4, -0.2) is 14.8 Å². The Bertz CT molecular complexity index is 557. The van der Waals surface area contributed by atoms with E-state index in [1.165, 1.54) is 0 Å². The molecule has 0 aliphatic heterocycles. The molecule has 0 fully saturated rings. The lowest BCUT2D eigenvalue weighted by Crippen LogP contribution is -2.12. The van der Waals surface area contributed by atoms with Gasteiger partial charge < -0.3 is 5.32 Å². The fraction of sp³-hybridized carbons (Fsp3) is 0.333. The third kappa shape index (κ3) is 3.58. The van der Waals surface area contributed by atoms with Gasteiger partial charge in [0.2, 0.25) is 0 Å². The maximum absolute atomic E-state index is 4.28. The highest BCUT2D eigenvalue weighted by Gasteiger charge is 2.10. The van der Waals surface area contributed by atoms with Crippen molar-refractivity contribution in [1.29, 1.82) is 0 Å².